The van der Waals surface area contributed by atoms with Crippen LogP contribution in [0.4, 0.5) is 8.78 Å². The summed E-state index contributed by atoms with van der Waals surface area (Å²) in [5, 5.41) is 0. The summed E-state index contributed by atoms with van der Waals surface area (Å²) in [5.41, 5.74) is 0.250. The number of hydrogen-bond donors (Lipinski definition) is 0. The quantitative estimate of drug-likeness (QED) is 0.700. The number of ether oxygens (including phenoxy) is 2. The highest BCUT2D eigenvalue weighted by Gasteiger charge is 2.15. The van der Waals surface area contributed by atoms with Crippen LogP contribution in [0.3, 0.4) is 0 Å². The summed E-state index contributed by atoms with van der Waals surface area (Å²) in [4.78, 5) is 0. The molecule has 0 bridgehead atoms. The van der Waals surface area contributed by atoms with Gasteiger partial charge < -0.3 is 9.47 Å². The van der Waals surface area contributed by atoms with E-state index in [2.05, 4.69) is 0 Å². The van der Waals surface area contributed by atoms with Crippen LogP contribution < -0.4 is 4.74 Å². The number of hydrogen-bond acceptors (Lipinski definition) is 2. The first-order valence-corrected chi connectivity index (χ1v) is 7.63. The van der Waals surface area contributed by atoms with Crippen LogP contribution in [0, 0.1) is 0 Å². The average molecular weight is 296 g/mol. The maximum Gasteiger partial charge on any atom is 0.199 e. The van der Waals surface area contributed by atoms with Crippen LogP contribution in [-0.2, 0) is 4.74 Å². The van der Waals surface area contributed by atoms with E-state index in [9.17, 15) is 8.78 Å². The van der Waals surface area contributed by atoms with Crippen LogP contribution in [0.5, 0.6) is 5.75 Å². The van der Waals surface area contributed by atoms with E-state index in [4.69, 9.17) is 9.47 Å². The Morgan fingerprint density at radius 2 is 2.00 bits per heavy atom. The van der Waals surface area contributed by atoms with E-state index in [0.29, 0.717) is 18.8 Å². The van der Waals surface area contributed by atoms with E-state index in [0.717, 1.165) is 25.7 Å². The van der Waals surface area contributed by atoms with Gasteiger partial charge in [0.1, 0.15) is 11.6 Å². The number of allylic oxidation sites excluding steroid dienone is 1. The van der Waals surface area contributed by atoms with Crippen molar-refractivity contribution in [3.05, 3.63) is 35.7 Å². The van der Waals surface area contributed by atoms with Gasteiger partial charge in [-0.05, 0) is 43.5 Å². The summed E-state index contributed by atoms with van der Waals surface area (Å²) in [7, 11) is 0. The van der Waals surface area contributed by atoms with Gasteiger partial charge in [-0.1, -0.05) is 13.3 Å². The molecule has 4 heteroatoms. The Bertz CT molecular complexity index is 462. The number of unbranched alkanes of at least 4 members (excludes halogenated alkanes) is 1. The fraction of sp³-hybridized carbons (Fsp3) is 0.529. The Labute approximate surface area is 124 Å². The second kappa shape index (κ2) is 8.13. The van der Waals surface area contributed by atoms with Crippen LogP contribution in [0.15, 0.2) is 30.1 Å². The molecule has 21 heavy (non-hydrogen) atoms. The molecule has 1 unspecified atom stereocenters. The van der Waals surface area contributed by atoms with Gasteiger partial charge in [0.2, 0.25) is 0 Å². The molecule has 1 aromatic rings. The van der Waals surface area contributed by atoms with Crippen molar-refractivity contribution in [3.63, 3.8) is 0 Å². The zero-order chi connectivity index (χ0) is 15.1. The van der Waals surface area contributed by atoms with E-state index in [1.807, 2.05) is 6.92 Å². The third-order valence-corrected chi connectivity index (χ3v) is 3.50. The van der Waals surface area contributed by atoms with Gasteiger partial charge >= 0.3 is 0 Å². The minimum Gasteiger partial charge on any atom is -0.465 e. The highest BCUT2D eigenvalue weighted by atomic mass is 19.2. The predicted octanol–water partition coefficient (Wildman–Crippen LogP) is 5.39. The summed E-state index contributed by atoms with van der Waals surface area (Å²) in [6.07, 6.45) is 4.42. The summed E-state index contributed by atoms with van der Waals surface area (Å²) >= 11 is 0. The largest absolute Gasteiger partial charge is 0.465 e. The molecule has 1 aliphatic heterocycles. The molecule has 0 spiro atoms. The van der Waals surface area contributed by atoms with Crippen molar-refractivity contribution in [2.75, 3.05) is 6.61 Å². The number of halogens is 2. The molecule has 0 saturated carbocycles. The molecular weight excluding hydrogens is 274 g/mol. The normalized spacial score (nSPS) is 20.0. The Morgan fingerprint density at radius 3 is 2.62 bits per heavy atom. The lowest BCUT2D eigenvalue weighted by Gasteiger charge is -2.23. The molecule has 116 valence electrons. The number of rotatable bonds is 6. The molecule has 0 N–H and O–H groups in total. The lowest BCUT2D eigenvalue weighted by atomic mass is 10.1. The van der Waals surface area contributed by atoms with Crippen molar-refractivity contribution in [2.24, 2.45) is 0 Å². The third kappa shape index (κ3) is 4.81. The molecule has 1 fully saturated rings. The van der Waals surface area contributed by atoms with Gasteiger partial charge in [-0.15, -0.1) is 0 Å². The van der Waals surface area contributed by atoms with Crippen molar-refractivity contribution in [2.45, 2.75) is 51.7 Å². The Balaban J connectivity index is 1.97. The van der Waals surface area contributed by atoms with Gasteiger partial charge in [-0.3, -0.25) is 0 Å². The maximum atomic E-state index is 13.9. The Hall–Kier alpha value is -1.42. The smallest absolute Gasteiger partial charge is 0.199 e. The fourth-order valence-electron chi connectivity index (χ4n) is 2.23. The lowest BCUT2D eigenvalue weighted by molar-refractivity contribution is -0.105. The molecule has 1 aliphatic rings. The minimum atomic E-state index is -0.774. The van der Waals surface area contributed by atoms with E-state index in [1.54, 1.807) is 24.3 Å². The van der Waals surface area contributed by atoms with Gasteiger partial charge in [0.25, 0.3) is 0 Å². The van der Waals surface area contributed by atoms with Crippen LogP contribution in [0.25, 0.3) is 5.83 Å². The standard InChI is InChI=1S/C17H22F2O2/c1-2-3-6-15(18)17(19)13-8-10-14(11-9-13)21-16-7-4-5-12-20-16/h8-11,16H,2-7,12H2,1H3/b17-15+. The molecule has 0 aliphatic carbocycles. The highest BCUT2D eigenvalue weighted by Crippen LogP contribution is 2.27. The Morgan fingerprint density at radius 1 is 1.24 bits per heavy atom. The SMILES string of the molecule is CCCC/C(F)=C(\F)c1ccc(OC2CCCCO2)cc1. The van der Waals surface area contributed by atoms with Gasteiger partial charge in [0.15, 0.2) is 12.1 Å². The molecule has 1 saturated heterocycles. The number of benzene rings is 1. The zero-order valence-electron chi connectivity index (χ0n) is 12.4. The van der Waals surface area contributed by atoms with Crippen molar-refractivity contribution in [3.8, 4) is 5.75 Å². The Kier molecular flexibility index (Phi) is 6.18. The first-order chi connectivity index (χ1) is 10.2. The van der Waals surface area contributed by atoms with E-state index in [1.165, 1.54) is 0 Å². The summed E-state index contributed by atoms with van der Waals surface area (Å²) in [5.74, 6) is -0.836. The topological polar surface area (TPSA) is 18.5 Å². The maximum absolute atomic E-state index is 13.9. The summed E-state index contributed by atoms with van der Waals surface area (Å²) in [6, 6.07) is 6.39. The second-order valence-electron chi connectivity index (χ2n) is 5.26. The van der Waals surface area contributed by atoms with Crippen LogP contribution in [0.2, 0.25) is 0 Å². The van der Waals surface area contributed by atoms with Crippen molar-refractivity contribution in [1.29, 1.82) is 0 Å². The molecule has 0 aromatic heterocycles. The lowest BCUT2D eigenvalue weighted by Crippen LogP contribution is -2.24. The summed E-state index contributed by atoms with van der Waals surface area (Å²) < 4.78 is 38.6. The average Bonchev–Trinajstić information content (AvgIpc) is 2.53. The van der Waals surface area contributed by atoms with E-state index in [-0.39, 0.29) is 18.3 Å². The van der Waals surface area contributed by atoms with Crippen molar-refractivity contribution < 1.29 is 18.3 Å². The van der Waals surface area contributed by atoms with Crippen LogP contribution >= 0.6 is 0 Å². The molecule has 2 nitrogen and oxygen atoms in total. The van der Waals surface area contributed by atoms with Gasteiger partial charge in [0.05, 0.1) is 6.61 Å². The molecule has 1 heterocycles. The van der Waals surface area contributed by atoms with Gasteiger partial charge in [0, 0.05) is 18.4 Å². The van der Waals surface area contributed by atoms with Crippen molar-refractivity contribution >= 4 is 5.83 Å². The molecule has 0 amide bonds. The molecule has 1 atom stereocenters. The molecule has 1 aromatic carbocycles. The molecular formula is C17H22F2O2. The summed E-state index contributed by atoms with van der Waals surface area (Å²) in [6.45, 7) is 2.66. The van der Waals surface area contributed by atoms with Gasteiger partial charge in [-0.2, -0.15) is 0 Å². The molecule has 0 radical (unpaired) electrons. The highest BCUT2D eigenvalue weighted by molar-refractivity contribution is 5.61. The van der Waals surface area contributed by atoms with Crippen molar-refractivity contribution in [1.82, 2.24) is 0 Å². The van der Waals surface area contributed by atoms with E-state index >= 15 is 0 Å². The molecule has 2 rings (SSSR count). The van der Waals surface area contributed by atoms with E-state index < -0.39 is 11.7 Å². The minimum absolute atomic E-state index is 0.149. The zero-order valence-corrected chi connectivity index (χ0v) is 12.4. The third-order valence-electron chi connectivity index (χ3n) is 3.50. The fourth-order valence-corrected chi connectivity index (χ4v) is 2.23. The predicted molar refractivity (Wildman–Crippen MR) is 79.3 cm³/mol. The van der Waals surface area contributed by atoms with Crippen LogP contribution in [-0.4, -0.2) is 12.9 Å². The monoisotopic (exact) mass is 296 g/mol. The first-order valence-electron chi connectivity index (χ1n) is 7.63. The van der Waals surface area contributed by atoms with Crippen LogP contribution in [0.1, 0.15) is 51.0 Å². The first kappa shape index (κ1) is 16.0. The second-order valence-corrected chi connectivity index (χ2v) is 5.26. The van der Waals surface area contributed by atoms with Gasteiger partial charge in [-0.25, -0.2) is 8.78 Å².